The van der Waals surface area contributed by atoms with E-state index in [9.17, 15) is 10.1 Å². The molecule has 0 aliphatic rings. The molecule has 32 heavy (non-hydrogen) atoms. The van der Waals surface area contributed by atoms with Crippen LogP contribution in [-0.4, -0.2) is 39.9 Å². The predicted octanol–water partition coefficient (Wildman–Crippen LogP) is 4.67. The summed E-state index contributed by atoms with van der Waals surface area (Å²) in [5.74, 6) is 3.68. The number of benzene rings is 2. The average Bonchev–Trinajstić information content (AvgIpc) is 3.11. The van der Waals surface area contributed by atoms with Crippen LogP contribution in [0.1, 0.15) is 22.2 Å². The molecule has 0 spiro atoms. The molecule has 1 aromatic heterocycles. The van der Waals surface area contributed by atoms with Crippen molar-refractivity contribution in [1.29, 1.82) is 0 Å². The van der Waals surface area contributed by atoms with Crippen molar-refractivity contribution in [3.8, 4) is 29.5 Å². The number of nitrogens with zero attached hydrogens (tertiary/aromatic N) is 4. The molecule has 1 heterocycles. The highest BCUT2D eigenvalue weighted by Gasteiger charge is 2.26. The van der Waals surface area contributed by atoms with Crippen LogP contribution >= 0.6 is 23.4 Å². The molecule has 3 rings (SSSR count). The lowest BCUT2D eigenvalue weighted by Gasteiger charge is -2.17. The third-order valence-corrected chi connectivity index (χ3v) is 6.00. The smallest absolute Gasteiger partial charge is 0.220 e. The number of thioether (sulfide) groups is 1. The number of halogens is 1. The van der Waals surface area contributed by atoms with Gasteiger partial charge in [0.15, 0.2) is 16.7 Å². The van der Waals surface area contributed by atoms with Gasteiger partial charge in [0.1, 0.15) is 17.7 Å². The molecule has 0 unspecified atom stereocenters. The Labute approximate surface area is 195 Å². The molecule has 3 aromatic rings. The molecule has 8 nitrogen and oxygen atoms in total. The van der Waals surface area contributed by atoms with Crippen LogP contribution in [0, 0.1) is 36.3 Å². The van der Waals surface area contributed by atoms with E-state index < -0.39 is 5.25 Å². The fourth-order valence-electron chi connectivity index (χ4n) is 3.14. The summed E-state index contributed by atoms with van der Waals surface area (Å²) < 4.78 is 12.7. The van der Waals surface area contributed by atoms with E-state index in [1.165, 1.54) is 18.9 Å². The molecule has 2 aromatic carbocycles. The molecule has 0 radical (unpaired) electrons. The van der Waals surface area contributed by atoms with Gasteiger partial charge in [-0.05, 0) is 49.2 Å². The molecular formula is C22H21ClN4O4S. The summed E-state index contributed by atoms with van der Waals surface area (Å²) in [5, 5.41) is 20.1. The lowest BCUT2D eigenvalue weighted by atomic mass is 10.1. The number of ether oxygens (including phenoxy) is 2. The first-order chi connectivity index (χ1) is 15.3. The first kappa shape index (κ1) is 23.4. The molecule has 0 fully saturated rings. The summed E-state index contributed by atoms with van der Waals surface area (Å²) in [5.41, 5.74) is 2.55. The number of methoxy groups -OCH3 is 1. The Morgan fingerprint density at radius 2 is 2.09 bits per heavy atom. The van der Waals surface area contributed by atoms with Gasteiger partial charge in [-0.25, -0.2) is 0 Å². The summed E-state index contributed by atoms with van der Waals surface area (Å²) in [6.45, 7) is 3.48. The number of nitro groups is 1. The highest BCUT2D eigenvalue weighted by Crippen LogP contribution is 2.43. The van der Waals surface area contributed by atoms with Gasteiger partial charge in [-0.1, -0.05) is 41.4 Å². The lowest BCUT2D eigenvalue weighted by molar-refractivity contribution is -0.479. The van der Waals surface area contributed by atoms with Crippen LogP contribution < -0.4 is 9.47 Å². The first-order valence-corrected chi connectivity index (χ1v) is 10.8. The van der Waals surface area contributed by atoms with Crippen molar-refractivity contribution in [2.75, 3.05) is 20.3 Å². The van der Waals surface area contributed by atoms with Crippen molar-refractivity contribution < 1.29 is 14.4 Å². The monoisotopic (exact) mass is 472 g/mol. The Hall–Kier alpha value is -3.22. The Kier molecular flexibility index (Phi) is 7.62. The molecule has 166 valence electrons. The molecular weight excluding hydrogens is 452 g/mol. The van der Waals surface area contributed by atoms with Gasteiger partial charge in [-0.2, -0.15) is 0 Å². The van der Waals surface area contributed by atoms with Crippen LogP contribution in [0.5, 0.6) is 11.5 Å². The minimum atomic E-state index is -0.606. The van der Waals surface area contributed by atoms with Crippen LogP contribution in [0.2, 0.25) is 5.02 Å². The minimum absolute atomic E-state index is 0.0153. The van der Waals surface area contributed by atoms with Gasteiger partial charge < -0.3 is 9.47 Å². The van der Waals surface area contributed by atoms with Crippen molar-refractivity contribution in [1.82, 2.24) is 14.8 Å². The zero-order valence-electron chi connectivity index (χ0n) is 17.7. The SMILES string of the molecule is C#CCOc1c(Cl)cc([C@@H](C[N+](=O)[O-])Sc2nnc(C)n2-c2cccc(C)c2)cc1OC. The highest BCUT2D eigenvalue weighted by molar-refractivity contribution is 7.99. The molecule has 0 N–H and O–H groups in total. The second-order valence-electron chi connectivity index (χ2n) is 6.85. The fourth-order valence-corrected chi connectivity index (χ4v) is 4.56. The van der Waals surface area contributed by atoms with Crippen LogP contribution in [0.15, 0.2) is 41.6 Å². The first-order valence-electron chi connectivity index (χ1n) is 9.55. The number of rotatable bonds is 9. The van der Waals surface area contributed by atoms with Gasteiger partial charge in [0.2, 0.25) is 6.54 Å². The van der Waals surface area contributed by atoms with E-state index >= 15 is 0 Å². The van der Waals surface area contributed by atoms with E-state index in [4.69, 9.17) is 27.5 Å². The molecule has 0 amide bonds. The van der Waals surface area contributed by atoms with Crippen molar-refractivity contribution >= 4 is 23.4 Å². The van der Waals surface area contributed by atoms with Crippen LogP contribution in [0.25, 0.3) is 5.69 Å². The average molecular weight is 473 g/mol. The second kappa shape index (κ2) is 10.4. The van der Waals surface area contributed by atoms with Gasteiger partial charge >= 0.3 is 0 Å². The van der Waals surface area contributed by atoms with Crippen molar-refractivity contribution in [3.63, 3.8) is 0 Å². The van der Waals surface area contributed by atoms with E-state index in [1.54, 1.807) is 12.1 Å². The molecule has 1 atom stereocenters. The fraction of sp³-hybridized carbons (Fsp3) is 0.273. The zero-order chi connectivity index (χ0) is 23.3. The highest BCUT2D eigenvalue weighted by atomic mass is 35.5. The van der Waals surface area contributed by atoms with Crippen molar-refractivity contribution in [3.05, 3.63) is 68.5 Å². The summed E-state index contributed by atoms with van der Waals surface area (Å²) in [6.07, 6.45) is 5.26. The van der Waals surface area contributed by atoms with Gasteiger partial charge in [-0.15, -0.1) is 16.6 Å². The summed E-state index contributed by atoms with van der Waals surface area (Å²) in [7, 11) is 1.46. The zero-order valence-corrected chi connectivity index (χ0v) is 19.3. The number of terminal acetylenes is 1. The van der Waals surface area contributed by atoms with E-state index in [0.29, 0.717) is 28.0 Å². The predicted molar refractivity (Wildman–Crippen MR) is 124 cm³/mol. The van der Waals surface area contributed by atoms with Gasteiger partial charge in [-0.3, -0.25) is 14.7 Å². The van der Waals surface area contributed by atoms with E-state index in [0.717, 1.165) is 11.3 Å². The molecule has 0 aliphatic carbocycles. The van der Waals surface area contributed by atoms with Gasteiger partial charge in [0.25, 0.3) is 0 Å². The van der Waals surface area contributed by atoms with Crippen LogP contribution in [0.3, 0.4) is 0 Å². The van der Waals surface area contributed by atoms with Crippen LogP contribution in [-0.2, 0) is 0 Å². The standard InChI is InChI=1S/C22H21ClN4O4S/c1-5-9-31-21-18(23)11-16(12-19(21)30-4)20(13-26(28)29)32-22-25-24-15(3)27(22)17-8-6-7-14(2)10-17/h1,6-8,10-12,20H,9,13H2,2-4H3/t20-/m1/s1. The molecule has 0 saturated carbocycles. The number of aromatic nitrogens is 3. The third kappa shape index (κ3) is 5.33. The van der Waals surface area contributed by atoms with Gasteiger partial charge in [0, 0.05) is 10.6 Å². The maximum absolute atomic E-state index is 11.5. The van der Waals surface area contributed by atoms with E-state index in [2.05, 4.69) is 16.1 Å². The van der Waals surface area contributed by atoms with Crippen molar-refractivity contribution in [2.45, 2.75) is 24.3 Å². The largest absolute Gasteiger partial charge is 0.493 e. The third-order valence-electron chi connectivity index (χ3n) is 4.54. The summed E-state index contributed by atoms with van der Waals surface area (Å²) in [4.78, 5) is 11.1. The second-order valence-corrected chi connectivity index (χ2v) is 8.43. The topological polar surface area (TPSA) is 92.3 Å². The Bertz CT molecular complexity index is 1180. The molecule has 0 aliphatic heterocycles. The van der Waals surface area contributed by atoms with E-state index in [1.807, 2.05) is 42.7 Å². The summed E-state index contributed by atoms with van der Waals surface area (Å²) >= 11 is 7.63. The quantitative estimate of drug-likeness (QED) is 0.193. The van der Waals surface area contributed by atoms with E-state index in [-0.39, 0.29) is 23.1 Å². The number of aryl methyl sites for hydroxylation is 2. The molecule has 0 bridgehead atoms. The maximum atomic E-state index is 11.5. The minimum Gasteiger partial charge on any atom is -0.493 e. The Balaban J connectivity index is 2.02. The van der Waals surface area contributed by atoms with Gasteiger partial charge in [0.05, 0.1) is 12.1 Å². The number of hydrogen-bond donors (Lipinski definition) is 0. The lowest BCUT2D eigenvalue weighted by Crippen LogP contribution is -2.12. The normalized spacial score (nSPS) is 11.6. The van der Waals surface area contributed by atoms with Crippen LogP contribution in [0.4, 0.5) is 0 Å². The maximum Gasteiger partial charge on any atom is 0.220 e. The van der Waals surface area contributed by atoms with Crippen molar-refractivity contribution in [2.24, 2.45) is 0 Å². The summed E-state index contributed by atoms with van der Waals surface area (Å²) in [6, 6.07) is 11.2. The Morgan fingerprint density at radius 1 is 1.31 bits per heavy atom. The molecule has 10 heteroatoms. The Morgan fingerprint density at radius 3 is 2.75 bits per heavy atom. The molecule has 0 saturated heterocycles. The number of hydrogen-bond acceptors (Lipinski definition) is 7.